The van der Waals surface area contributed by atoms with E-state index in [1.165, 1.54) is 19.1 Å². The summed E-state index contributed by atoms with van der Waals surface area (Å²) in [5.74, 6) is -0.690. The first kappa shape index (κ1) is 23.3. The number of fused-ring (bicyclic) bond motifs is 2. The lowest BCUT2D eigenvalue weighted by Gasteiger charge is -2.47. The van der Waals surface area contributed by atoms with Gasteiger partial charge in [-0.15, -0.1) is 0 Å². The zero-order valence-corrected chi connectivity index (χ0v) is 19.5. The zero-order valence-electron chi connectivity index (χ0n) is 18.0. The predicted molar refractivity (Wildman–Crippen MR) is 129 cm³/mol. The maximum atomic E-state index is 14.0. The molecule has 0 aromatic heterocycles. The monoisotopic (exact) mass is 484 g/mol. The van der Waals surface area contributed by atoms with E-state index in [1.807, 2.05) is 36.4 Å². The molecule has 2 heterocycles. The van der Waals surface area contributed by atoms with Crippen molar-refractivity contribution in [2.75, 3.05) is 11.9 Å². The summed E-state index contributed by atoms with van der Waals surface area (Å²) in [7, 11) is 0. The number of anilines is 1. The van der Waals surface area contributed by atoms with Crippen LogP contribution in [0.25, 0.3) is 0 Å². The van der Waals surface area contributed by atoms with Gasteiger partial charge in [0.05, 0.1) is 6.04 Å². The lowest BCUT2D eigenvalue weighted by Crippen LogP contribution is -2.53. The van der Waals surface area contributed by atoms with Crippen LogP contribution >= 0.6 is 23.2 Å². The molecule has 4 nitrogen and oxygen atoms in total. The third-order valence-electron chi connectivity index (χ3n) is 6.17. The smallest absolute Gasteiger partial charge is 0.237 e. The molecule has 33 heavy (non-hydrogen) atoms. The van der Waals surface area contributed by atoms with Gasteiger partial charge in [-0.2, -0.15) is 0 Å². The Balaban J connectivity index is 0.000000318. The van der Waals surface area contributed by atoms with Gasteiger partial charge in [0.1, 0.15) is 11.2 Å². The zero-order chi connectivity index (χ0) is 23.6. The molecule has 2 atom stereocenters. The standard InChI is InChI=1S/C20H18ClFN2O2.C6H5Cl/c1-12(25)24-9-3-8-20(18(24)13-4-2-5-15(22)10-13)16-7-6-14(21)11-17(16)23-19(20)26;7-6-4-2-1-3-5-6/h2,4-7,10-11,18H,3,8-9H2,1H3,(H,23,26);1-5H/t18-,20-;/m1./s1. The molecule has 1 fully saturated rings. The maximum absolute atomic E-state index is 14.0. The Bertz CT molecular complexity index is 1190. The molecule has 2 aliphatic rings. The molecule has 1 saturated heterocycles. The van der Waals surface area contributed by atoms with Gasteiger partial charge in [-0.3, -0.25) is 9.59 Å². The van der Waals surface area contributed by atoms with Gasteiger partial charge in [0.2, 0.25) is 11.8 Å². The first-order chi connectivity index (χ1) is 15.8. The lowest BCUT2D eigenvalue weighted by molar-refractivity contribution is -0.138. The second-order valence-electron chi connectivity index (χ2n) is 8.18. The van der Waals surface area contributed by atoms with Crippen LogP contribution in [0.4, 0.5) is 10.1 Å². The average molecular weight is 485 g/mol. The van der Waals surface area contributed by atoms with Gasteiger partial charge in [-0.05, 0) is 60.4 Å². The molecule has 0 saturated carbocycles. The van der Waals surface area contributed by atoms with Crippen molar-refractivity contribution in [2.24, 2.45) is 0 Å². The predicted octanol–water partition coefficient (Wildman–Crippen LogP) is 6.39. The van der Waals surface area contributed by atoms with Gasteiger partial charge in [0.25, 0.3) is 0 Å². The van der Waals surface area contributed by atoms with Gasteiger partial charge >= 0.3 is 0 Å². The summed E-state index contributed by atoms with van der Waals surface area (Å²) in [6.45, 7) is 2.02. The number of halogens is 3. The number of hydrogen-bond acceptors (Lipinski definition) is 2. The molecule has 0 aliphatic carbocycles. The normalized spacial score (nSPS) is 21.2. The number of piperidine rings is 1. The molecule has 0 bridgehead atoms. The summed E-state index contributed by atoms with van der Waals surface area (Å²) >= 11 is 11.6. The maximum Gasteiger partial charge on any atom is 0.237 e. The number of benzene rings is 3. The number of carbonyl (C=O) groups is 2. The van der Waals surface area contributed by atoms with E-state index in [-0.39, 0.29) is 17.6 Å². The molecule has 0 unspecified atom stereocenters. The molecule has 2 amide bonds. The summed E-state index contributed by atoms with van der Waals surface area (Å²) < 4.78 is 14.0. The van der Waals surface area contributed by atoms with Crippen LogP contribution in [0.3, 0.4) is 0 Å². The highest BCUT2D eigenvalue weighted by Gasteiger charge is 2.56. The van der Waals surface area contributed by atoms with Crippen molar-refractivity contribution < 1.29 is 14.0 Å². The van der Waals surface area contributed by atoms with Crippen molar-refractivity contribution in [2.45, 2.75) is 31.2 Å². The Hall–Kier alpha value is -2.89. The van der Waals surface area contributed by atoms with Gasteiger partial charge < -0.3 is 10.2 Å². The van der Waals surface area contributed by atoms with E-state index in [1.54, 1.807) is 29.2 Å². The minimum absolute atomic E-state index is 0.131. The van der Waals surface area contributed by atoms with Crippen molar-refractivity contribution >= 4 is 40.7 Å². The number of likely N-dealkylation sites (tertiary alicyclic amines) is 1. The first-order valence-corrected chi connectivity index (χ1v) is 11.4. The fraction of sp³-hybridized carbons (Fsp3) is 0.231. The number of carbonyl (C=O) groups excluding carboxylic acids is 2. The van der Waals surface area contributed by atoms with E-state index in [2.05, 4.69) is 5.32 Å². The van der Waals surface area contributed by atoms with Gasteiger partial charge in [-0.1, -0.05) is 59.6 Å². The fourth-order valence-electron chi connectivity index (χ4n) is 4.84. The molecular formula is C26H23Cl2FN2O2. The van der Waals surface area contributed by atoms with Gasteiger partial charge in [-0.25, -0.2) is 4.39 Å². The van der Waals surface area contributed by atoms with E-state index in [4.69, 9.17) is 23.2 Å². The van der Waals surface area contributed by atoms with E-state index >= 15 is 0 Å². The number of amides is 2. The minimum atomic E-state index is -0.947. The third-order valence-corrected chi connectivity index (χ3v) is 6.65. The Kier molecular flexibility index (Phi) is 6.73. The fourth-order valence-corrected chi connectivity index (χ4v) is 5.16. The van der Waals surface area contributed by atoms with Crippen molar-refractivity contribution in [3.63, 3.8) is 0 Å². The molecule has 2 aliphatic heterocycles. The van der Waals surface area contributed by atoms with E-state index < -0.39 is 11.5 Å². The second-order valence-corrected chi connectivity index (χ2v) is 9.06. The molecule has 1 spiro atoms. The Morgan fingerprint density at radius 1 is 1.03 bits per heavy atom. The van der Waals surface area contributed by atoms with Gasteiger partial charge in [0, 0.05) is 29.2 Å². The quantitative estimate of drug-likeness (QED) is 0.434. The van der Waals surface area contributed by atoms with E-state index in [0.29, 0.717) is 35.7 Å². The molecule has 0 radical (unpaired) electrons. The number of nitrogens with one attached hydrogen (secondary N) is 1. The minimum Gasteiger partial charge on any atom is -0.334 e. The van der Waals surface area contributed by atoms with Crippen LogP contribution < -0.4 is 5.32 Å². The SMILES string of the molecule is CC(=O)N1CCC[C@]2(C(=O)Nc3cc(Cl)ccc32)[C@H]1c1cccc(F)c1.Clc1ccccc1. The third kappa shape index (κ3) is 4.48. The Morgan fingerprint density at radius 3 is 2.42 bits per heavy atom. The van der Waals surface area contributed by atoms with Crippen LogP contribution in [0.2, 0.25) is 10.0 Å². The average Bonchev–Trinajstić information content (AvgIpc) is 3.05. The number of nitrogens with zero attached hydrogens (tertiary/aromatic N) is 1. The first-order valence-electron chi connectivity index (χ1n) is 10.7. The largest absolute Gasteiger partial charge is 0.334 e. The Labute approximate surface area is 202 Å². The summed E-state index contributed by atoms with van der Waals surface area (Å²) in [6.07, 6.45) is 1.28. The van der Waals surface area contributed by atoms with Gasteiger partial charge in [0.15, 0.2) is 0 Å². The highest BCUT2D eigenvalue weighted by molar-refractivity contribution is 6.31. The van der Waals surface area contributed by atoms with Crippen LogP contribution in [0, 0.1) is 5.82 Å². The van der Waals surface area contributed by atoms with E-state index in [0.717, 1.165) is 10.6 Å². The van der Waals surface area contributed by atoms with Crippen molar-refractivity contribution in [1.29, 1.82) is 0 Å². The van der Waals surface area contributed by atoms with Crippen molar-refractivity contribution in [3.05, 3.63) is 99.8 Å². The summed E-state index contributed by atoms with van der Waals surface area (Å²) in [5, 5.41) is 4.24. The van der Waals surface area contributed by atoms with Crippen LogP contribution in [0.5, 0.6) is 0 Å². The summed E-state index contributed by atoms with van der Waals surface area (Å²) in [4.78, 5) is 27.2. The number of rotatable bonds is 1. The lowest BCUT2D eigenvalue weighted by atomic mass is 9.66. The van der Waals surface area contributed by atoms with Crippen molar-refractivity contribution in [1.82, 2.24) is 4.90 Å². The van der Waals surface area contributed by atoms with Crippen LogP contribution in [-0.2, 0) is 15.0 Å². The second kappa shape index (κ2) is 9.54. The van der Waals surface area contributed by atoms with Crippen LogP contribution in [0.15, 0.2) is 72.8 Å². The molecular weight excluding hydrogens is 462 g/mol. The highest BCUT2D eigenvalue weighted by Crippen LogP contribution is 2.54. The molecule has 1 N–H and O–H groups in total. The topological polar surface area (TPSA) is 49.4 Å². The van der Waals surface area contributed by atoms with Crippen LogP contribution in [-0.4, -0.2) is 23.3 Å². The van der Waals surface area contributed by atoms with Crippen molar-refractivity contribution in [3.8, 4) is 0 Å². The number of hydrogen-bond donors (Lipinski definition) is 1. The molecule has 3 aromatic carbocycles. The highest BCUT2D eigenvalue weighted by atomic mass is 35.5. The molecule has 170 valence electrons. The summed E-state index contributed by atoms with van der Waals surface area (Å²) in [6, 6.07) is 20.3. The molecule has 3 aromatic rings. The summed E-state index contributed by atoms with van der Waals surface area (Å²) in [5.41, 5.74) is 1.15. The molecule has 5 rings (SSSR count). The molecule has 7 heteroatoms. The van der Waals surface area contributed by atoms with Crippen LogP contribution in [0.1, 0.15) is 36.9 Å². The van der Waals surface area contributed by atoms with E-state index in [9.17, 15) is 14.0 Å². The Morgan fingerprint density at radius 2 is 1.79 bits per heavy atom.